The molecule has 0 radical (unpaired) electrons. The van der Waals surface area contributed by atoms with Crippen LogP contribution in [0.5, 0.6) is 0 Å². The minimum atomic E-state index is 0.692. The molecule has 0 aliphatic carbocycles. The molecule has 0 atom stereocenters. The Labute approximate surface area is 93.8 Å². The van der Waals surface area contributed by atoms with E-state index in [0.29, 0.717) is 6.54 Å². The number of benzene rings is 1. The molecular weight excluding hydrogens is 204 g/mol. The van der Waals surface area contributed by atoms with Crippen molar-refractivity contribution in [1.29, 1.82) is 0 Å². The zero-order chi connectivity index (χ0) is 10.7. The first kappa shape index (κ1) is 10.3. The molecule has 78 valence electrons. The smallest absolute Gasteiger partial charge is 0.123 e. The summed E-state index contributed by atoms with van der Waals surface area (Å²) in [5.41, 5.74) is 7.86. The van der Waals surface area contributed by atoms with Gasteiger partial charge in [0, 0.05) is 10.4 Å². The number of thiazole rings is 1. The third-order valence-corrected chi connectivity index (χ3v) is 3.55. The second-order valence-corrected chi connectivity index (χ2v) is 4.52. The number of nitrogens with zero attached hydrogens (tertiary/aromatic N) is 1. The fourth-order valence-electron chi connectivity index (χ4n) is 1.50. The molecule has 1 aromatic heterocycles. The highest BCUT2D eigenvalue weighted by Crippen LogP contribution is 2.27. The van der Waals surface area contributed by atoms with Crippen molar-refractivity contribution in [3.8, 4) is 10.6 Å². The van der Waals surface area contributed by atoms with Crippen molar-refractivity contribution in [2.45, 2.75) is 13.3 Å². The number of aromatic nitrogens is 1. The third-order valence-electron chi connectivity index (χ3n) is 2.28. The Kier molecular flexibility index (Phi) is 3.14. The van der Waals surface area contributed by atoms with Gasteiger partial charge in [-0.15, -0.1) is 11.3 Å². The molecule has 0 aliphatic rings. The fourth-order valence-corrected chi connectivity index (χ4v) is 2.58. The van der Waals surface area contributed by atoms with E-state index in [0.717, 1.165) is 17.1 Å². The van der Waals surface area contributed by atoms with Crippen LogP contribution in [0.15, 0.2) is 30.3 Å². The Hall–Kier alpha value is -1.19. The summed E-state index contributed by atoms with van der Waals surface area (Å²) >= 11 is 1.75. The van der Waals surface area contributed by atoms with Gasteiger partial charge < -0.3 is 5.73 Å². The minimum absolute atomic E-state index is 0.692. The molecule has 0 saturated heterocycles. The Balaban J connectivity index is 2.34. The summed E-state index contributed by atoms with van der Waals surface area (Å²) in [5.74, 6) is 0. The number of aryl methyl sites for hydroxylation is 1. The van der Waals surface area contributed by atoms with E-state index < -0.39 is 0 Å². The van der Waals surface area contributed by atoms with Crippen molar-refractivity contribution in [2.75, 3.05) is 6.54 Å². The number of hydrogen-bond acceptors (Lipinski definition) is 3. The lowest BCUT2D eigenvalue weighted by Gasteiger charge is -1.93. The third kappa shape index (κ3) is 2.25. The summed E-state index contributed by atoms with van der Waals surface area (Å²) in [5, 5.41) is 1.09. The normalized spacial score (nSPS) is 10.5. The molecule has 0 bridgehead atoms. The Morgan fingerprint density at radius 1 is 1.27 bits per heavy atom. The van der Waals surface area contributed by atoms with Crippen LogP contribution in [0.4, 0.5) is 0 Å². The molecule has 0 saturated carbocycles. The van der Waals surface area contributed by atoms with Crippen molar-refractivity contribution in [2.24, 2.45) is 5.73 Å². The molecule has 0 unspecified atom stereocenters. The lowest BCUT2D eigenvalue weighted by Crippen LogP contribution is -2.01. The van der Waals surface area contributed by atoms with Gasteiger partial charge in [-0.1, -0.05) is 30.3 Å². The average Bonchev–Trinajstić information content (AvgIpc) is 2.63. The van der Waals surface area contributed by atoms with Gasteiger partial charge in [-0.3, -0.25) is 0 Å². The Bertz CT molecular complexity index is 434. The molecule has 0 fully saturated rings. The van der Waals surface area contributed by atoms with Crippen LogP contribution in [-0.4, -0.2) is 11.5 Å². The van der Waals surface area contributed by atoms with E-state index in [4.69, 9.17) is 5.73 Å². The monoisotopic (exact) mass is 218 g/mol. The topological polar surface area (TPSA) is 38.9 Å². The van der Waals surface area contributed by atoms with Gasteiger partial charge in [0.15, 0.2) is 0 Å². The van der Waals surface area contributed by atoms with E-state index in [1.54, 1.807) is 11.3 Å². The van der Waals surface area contributed by atoms with Crippen molar-refractivity contribution < 1.29 is 0 Å². The highest BCUT2D eigenvalue weighted by molar-refractivity contribution is 7.15. The predicted molar refractivity (Wildman–Crippen MR) is 65.0 cm³/mol. The van der Waals surface area contributed by atoms with Crippen LogP contribution in [0.25, 0.3) is 10.6 Å². The quantitative estimate of drug-likeness (QED) is 0.860. The summed E-state index contributed by atoms with van der Waals surface area (Å²) < 4.78 is 0. The predicted octanol–water partition coefficient (Wildman–Crippen LogP) is 2.62. The molecular formula is C12H14N2S. The van der Waals surface area contributed by atoms with Gasteiger partial charge in [-0.05, 0) is 19.9 Å². The van der Waals surface area contributed by atoms with Crippen molar-refractivity contribution in [3.05, 3.63) is 40.9 Å². The van der Waals surface area contributed by atoms with Gasteiger partial charge in [-0.25, -0.2) is 4.98 Å². The Morgan fingerprint density at radius 3 is 2.67 bits per heavy atom. The molecule has 0 amide bonds. The van der Waals surface area contributed by atoms with E-state index in [2.05, 4.69) is 17.1 Å². The molecule has 2 N–H and O–H groups in total. The van der Waals surface area contributed by atoms with Gasteiger partial charge in [-0.2, -0.15) is 0 Å². The number of hydrogen-bond donors (Lipinski definition) is 1. The summed E-state index contributed by atoms with van der Waals surface area (Å²) in [6.07, 6.45) is 0.927. The minimum Gasteiger partial charge on any atom is -0.330 e. The van der Waals surface area contributed by atoms with E-state index in [-0.39, 0.29) is 0 Å². The molecule has 1 heterocycles. The molecule has 1 aromatic carbocycles. The van der Waals surface area contributed by atoms with Gasteiger partial charge in [0.2, 0.25) is 0 Å². The maximum atomic E-state index is 5.56. The van der Waals surface area contributed by atoms with Crippen molar-refractivity contribution >= 4 is 11.3 Å². The Morgan fingerprint density at radius 2 is 2.00 bits per heavy atom. The molecule has 15 heavy (non-hydrogen) atoms. The summed E-state index contributed by atoms with van der Waals surface area (Å²) in [7, 11) is 0. The lowest BCUT2D eigenvalue weighted by molar-refractivity contribution is 0.970. The van der Waals surface area contributed by atoms with E-state index in [9.17, 15) is 0 Å². The molecule has 2 rings (SSSR count). The zero-order valence-corrected chi connectivity index (χ0v) is 9.55. The van der Waals surface area contributed by atoms with Crippen LogP contribution in [0.3, 0.4) is 0 Å². The van der Waals surface area contributed by atoms with Crippen LogP contribution in [0.2, 0.25) is 0 Å². The highest BCUT2D eigenvalue weighted by Gasteiger charge is 2.07. The van der Waals surface area contributed by atoms with Crippen molar-refractivity contribution in [3.63, 3.8) is 0 Å². The first-order valence-electron chi connectivity index (χ1n) is 5.03. The summed E-state index contributed by atoms with van der Waals surface area (Å²) in [4.78, 5) is 5.86. The van der Waals surface area contributed by atoms with Crippen LogP contribution < -0.4 is 5.73 Å². The van der Waals surface area contributed by atoms with Gasteiger partial charge in [0.1, 0.15) is 5.01 Å². The van der Waals surface area contributed by atoms with Gasteiger partial charge in [0.25, 0.3) is 0 Å². The van der Waals surface area contributed by atoms with E-state index in [1.165, 1.54) is 10.4 Å². The molecule has 0 spiro atoms. The molecule has 2 aromatic rings. The number of nitrogens with two attached hydrogens (primary N) is 1. The first-order valence-corrected chi connectivity index (χ1v) is 5.84. The standard InChI is InChI=1S/C12H14N2S/c1-9-11(7-8-13)15-12(14-9)10-5-3-2-4-6-10/h2-6H,7-8,13H2,1H3. The summed E-state index contributed by atoms with van der Waals surface area (Å²) in [6, 6.07) is 10.3. The maximum absolute atomic E-state index is 5.56. The fraction of sp³-hybridized carbons (Fsp3) is 0.250. The second kappa shape index (κ2) is 4.55. The highest BCUT2D eigenvalue weighted by atomic mass is 32.1. The van der Waals surface area contributed by atoms with Crippen LogP contribution in [0, 0.1) is 6.92 Å². The average molecular weight is 218 g/mol. The zero-order valence-electron chi connectivity index (χ0n) is 8.73. The van der Waals surface area contributed by atoms with E-state index >= 15 is 0 Å². The second-order valence-electron chi connectivity index (χ2n) is 3.43. The van der Waals surface area contributed by atoms with Crippen molar-refractivity contribution in [1.82, 2.24) is 4.98 Å². The number of rotatable bonds is 3. The summed E-state index contributed by atoms with van der Waals surface area (Å²) in [6.45, 7) is 2.74. The van der Waals surface area contributed by atoms with Gasteiger partial charge in [0.05, 0.1) is 5.69 Å². The van der Waals surface area contributed by atoms with Crippen LogP contribution in [-0.2, 0) is 6.42 Å². The lowest BCUT2D eigenvalue weighted by atomic mass is 10.2. The van der Waals surface area contributed by atoms with E-state index in [1.807, 2.05) is 25.1 Å². The largest absolute Gasteiger partial charge is 0.330 e. The molecule has 0 aliphatic heterocycles. The van der Waals surface area contributed by atoms with Gasteiger partial charge >= 0.3 is 0 Å². The van der Waals surface area contributed by atoms with Crippen LogP contribution >= 0.6 is 11.3 Å². The SMILES string of the molecule is Cc1nc(-c2ccccc2)sc1CCN. The maximum Gasteiger partial charge on any atom is 0.123 e. The molecule has 3 heteroatoms. The van der Waals surface area contributed by atoms with Crippen LogP contribution in [0.1, 0.15) is 10.6 Å². The first-order chi connectivity index (χ1) is 7.31. The molecule has 2 nitrogen and oxygen atoms in total.